The van der Waals surface area contributed by atoms with Crippen molar-refractivity contribution in [3.05, 3.63) is 40.6 Å². The van der Waals surface area contributed by atoms with Crippen LogP contribution in [0.2, 0.25) is 0 Å². The van der Waals surface area contributed by atoms with E-state index in [1.54, 1.807) is 6.08 Å². The van der Waals surface area contributed by atoms with Crippen molar-refractivity contribution < 1.29 is 9.50 Å². The third-order valence-corrected chi connectivity index (χ3v) is 2.55. The van der Waals surface area contributed by atoms with Gasteiger partial charge in [0.25, 0.3) is 0 Å². The lowest BCUT2D eigenvalue weighted by Gasteiger charge is -2.13. The maximum atomic E-state index is 13.3. The van der Waals surface area contributed by atoms with Crippen LogP contribution in [0.3, 0.4) is 0 Å². The molecule has 0 amide bonds. The molecule has 1 atom stereocenters. The van der Waals surface area contributed by atoms with Crippen molar-refractivity contribution in [2.24, 2.45) is 5.73 Å². The summed E-state index contributed by atoms with van der Waals surface area (Å²) in [5.74, 6) is -0.639. The maximum Gasteiger partial charge on any atom is 0.137 e. The van der Waals surface area contributed by atoms with Gasteiger partial charge in [0.1, 0.15) is 11.6 Å². The summed E-state index contributed by atoms with van der Waals surface area (Å²) >= 11 is 3.10. The summed E-state index contributed by atoms with van der Waals surface area (Å²) in [6, 6.07) is 2.14. The Morgan fingerprint density at radius 1 is 1.60 bits per heavy atom. The largest absolute Gasteiger partial charge is 0.506 e. The standard InChI is InChI=1S/C10H11BrFNO.ClH/c1-2-3-8(13)9-7(12)5-4-6(11)10(9)14;/h2,4-5,8,14H,1,3,13H2;1H/t8-;/m0./s1. The quantitative estimate of drug-likeness (QED) is 0.841. The fourth-order valence-electron chi connectivity index (χ4n) is 1.21. The highest BCUT2D eigenvalue weighted by Gasteiger charge is 2.16. The number of hydrogen-bond acceptors (Lipinski definition) is 2. The number of aromatic hydroxyl groups is 1. The van der Waals surface area contributed by atoms with Crippen molar-refractivity contribution in [3.63, 3.8) is 0 Å². The molecule has 3 N–H and O–H groups in total. The Bertz CT molecular complexity index is 360. The molecular weight excluding hydrogens is 284 g/mol. The molecule has 0 saturated carbocycles. The van der Waals surface area contributed by atoms with Crippen LogP contribution in [0.1, 0.15) is 18.0 Å². The van der Waals surface area contributed by atoms with Crippen LogP contribution in [-0.4, -0.2) is 5.11 Å². The second kappa shape index (κ2) is 6.10. The molecule has 0 aromatic heterocycles. The zero-order chi connectivity index (χ0) is 10.7. The normalized spacial score (nSPS) is 11.7. The lowest BCUT2D eigenvalue weighted by atomic mass is 10.0. The van der Waals surface area contributed by atoms with E-state index < -0.39 is 11.9 Å². The van der Waals surface area contributed by atoms with Crippen molar-refractivity contribution in [2.75, 3.05) is 0 Å². The van der Waals surface area contributed by atoms with Gasteiger partial charge in [-0.3, -0.25) is 0 Å². The van der Waals surface area contributed by atoms with Crippen LogP contribution in [0.15, 0.2) is 29.3 Å². The van der Waals surface area contributed by atoms with Gasteiger partial charge in [-0.05, 0) is 34.5 Å². The molecule has 0 spiro atoms. The van der Waals surface area contributed by atoms with E-state index in [0.717, 1.165) is 0 Å². The average Bonchev–Trinajstić information content (AvgIpc) is 2.13. The lowest BCUT2D eigenvalue weighted by Crippen LogP contribution is -2.11. The molecule has 0 radical (unpaired) electrons. The Hall–Kier alpha value is -0.580. The Morgan fingerprint density at radius 3 is 2.73 bits per heavy atom. The first-order chi connectivity index (χ1) is 6.57. The van der Waals surface area contributed by atoms with Gasteiger partial charge in [0.05, 0.1) is 4.47 Å². The Kier molecular flexibility index (Phi) is 5.87. The topological polar surface area (TPSA) is 46.2 Å². The van der Waals surface area contributed by atoms with Gasteiger partial charge in [0, 0.05) is 11.6 Å². The molecular formula is C10H12BrClFNO. The first kappa shape index (κ1) is 14.4. The number of phenolic OH excluding ortho intramolecular Hbond substituents is 1. The molecule has 1 aromatic carbocycles. The third-order valence-electron chi connectivity index (χ3n) is 1.91. The van der Waals surface area contributed by atoms with Crippen molar-refractivity contribution in [3.8, 4) is 5.75 Å². The van der Waals surface area contributed by atoms with Crippen LogP contribution in [0.4, 0.5) is 4.39 Å². The van der Waals surface area contributed by atoms with E-state index in [9.17, 15) is 9.50 Å². The zero-order valence-corrected chi connectivity index (χ0v) is 10.3. The minimum Gasteiger partial charge on any atom is -0.506 e. The monoisotopic (exact) mass is 295 g/mol. The van der Waals surface area contributed by atoms with Gasteiger partial charge in [-0.25, -0.2) is 4.39 Å². The summed E-state index contributed by atoms with van der Waals surface area (Å²) in [6.45, 7) is 3.51. The summed E-state index contributed by atoms with van der Waals surface area (Å²) in [5.41, 5.74) is 5.81. The number of benzene rings is 1. The molecule has 1 rings (SSSR count). The highest BCUT2D eigenvalue weighted by molar-refractivity contribution is 9.10. The Balaban J connectivity index is 0.00000196. The molecule has 0 unspecified atom stereocenters. The lowest BCUT2D eigenvalue weighted by molar-refractivity contribution is 0.446. The van der Waals surface area contributed by atoms with Gasteiger partial charge >= 0.3 is 0 Å². The molecule has 2 nitrogen and oxygen atoms in total. The van der Waals surface area contributed by atoms with E-state index >= 15 is 0 Å². The number of rotatable bonds is 3. The van der Waals surface area contributed by atoms with E-state index in [-0.39, 0.29) is 23.7 Å². The summed E-state index contributed by atoms with van der Waals surface area (Å²) in [5, 5.41) is 9.57. The second-order valence-electron chi connectivity index (χ2n) is 2.92. The van der Waals surface area contributed by atoms with Crippen LogP contribution >= 0.6 is 28.3 Å². The van der Waals surface area contributed by atoms with Crippen LogP contribution in [0.25, 0.3) is 0 Å². The number of phenols is 1. The van der Waals surface area contributed by atoms with Gasteiger partial charge in [0.15, 0.2) is 0 Å². The molecule has 0 aliphatic rings. The second-order valence-corrected chi connectivity index (χ2v) is 3.78. The minimum absolute atomic E-state index is 0. The molecule has 5 heteroatoms. The zero-order valence-electron chi connectivity index (χ0n) is 7.91. The van der Waals surface area contributed by atoms with Crippen LogP contribution < -0.4 is 5.73 Å². The van der Waals surface area contributed by atoms with Crippen LogP contribution in [0, 0.1) is 5.82 Å². The molecule has 0 aliphatic carbocycles. The molecule has 0 saturated heterocycles. The average molecular weight is 297 g/mol. The van der Waals surface area contributed by atoms with Crippen molar-refractivity contribution >= 4 is 28.3 Å². The molecule has 1 aromatic rings. The van der Waals surface area contributed by atoms with Gasteiger partial charge in [-0.15, -0.1) is 19.0 Å². The number of nitrogens with two attached hydrogens (primary N) is 1. The highest BCUT2D eigenvalue weighted by atomic mass is 79.9. The van der Waals surface area contributed by atoms with E-state index in [0.29, 0.717) is 10.9 Å². The van der Waals surface area contributed by atoms with E-state index in [2.05, 4.69) is 22.5 Å². The fourth-order valence-corrected chi connectivity index (χ4v) is 1.55. The third kappa shape index (κ3) is 3.19. The van der Waals surface area contributed by atoms with E-state index in [1.807, 2.05) is 0 Å². The first-order valence-electron chi connectivity index (χ1n) is 4.11. The van der Waals surface area contributed by atoms with Crippen molar-refractivity contribution in [1.29, 1.82) is 0 Å². The summed E-state index contributed by atoms with van der Waals surface area (Å²) in [6.07, 6.45) is 2.01. The summed E-state index contributed by atoms with van der Waals surface area (Å²) < 4.78 is 13.7. The SMILES string of the molecule is C=CC[C@H](N)c1c(F)ccc(Br)c1O.Cl. The predicted molar refractivity (Wildman–Crippen MR) is 64.8 cm³/mol. The Morgan fingerprint density at radius 2 is 2.20 bits per heavy atom. The predicted octanol–water partition coefficient (Wildman–Crippen LogP) is 3.29. The van der Waals surface area contributed by atoms with Crippen molar-refractivity contribution in [1.82, 2.24) is 0 Å². The van der Waals surface area contributed by atoms with Crippen LogP contribution in [-0.2, 0) is 0 Å². The summed E-state index contributed by atoms with van der Waals surface area (Å²) in [7, 11) is 0. The van der Waals surface area contributed by atoms with Gasteiger partial charge < -0.3 is 10.8 Å². The first-order valence-corrected chi connectivity index (χ1v) is 4.90. The smallest absolute Gasteiger partial charge is 0.137 e. The molecule has 15 heavy (non-hydrogen) atoms. The number of hydrogen-bond donors (Lipinski definition) is 2. The minimum atomic E-state index is -0.565. The van der Waals surface area contributed by atoms with Gasteiger partial charge in [-0.1, -0.05) is 6.08 Å². The van der Waals surface area contributed by atoms with E-state index in [4.69, 9.17) is 5.73 Å². The molecule has 0 bridgehead atoms. The van der Waals surface area contributed by atoms with Gasteiger partial charge in [-0.2, -0.15) is 0 Å². The fraction of sp³-hybridized carbons (Fsp3) is 0.200. The molecule has 0 heterocycles. The molecule has 84 valence electrons. The van der Waals surface area contributed by atoms with Crippen LogP contribution in [0.5, 0.6) is 5.75 Å². The van der Waals surface area contributed by atoms with E-state index in [1.165, 1.54) is 12.1 Å². The highest BCUT2D eigenvalue weighted by Crippen LogP contribution is 2.34. The van der Waals surface area contributed by atoms with Crippen molar-refractivity contribution in [2.45, 2.75) is 12.5 Å². The molecule has 0 aliphatic heterocycles. The number of halogens is 3. The summed E-state index contributed by atoms with van der Waals surface area (Å²) in [4.78, 5) is 0. The Labute approximate surface area is 103 Å². The molecule has 0 fully saturated rings. The van der Waals surface area contributed by atoms with Gasteiger partial charge in [0.2, 0.25) is 0 Å². The maximum absolute atomic E-state index is 13.3.